The normalized spacial score (nSPS) is 17.2. The van der Waals surface area contributed by atoms with Gasteiger partial charge in [0, 0.05) is 39.4 Å². The fourth-order valence-corrected chi connectivity index (χ4v) is 4.93. The van der Waals surface area contributed by atoms with Crippen molar-refractivity contribution < 1.29 is 0 Å². The molecular formula is C19H22BrClN2S. The Labute approximate surface area is 162 Å². The van der Waals surface area contributed by atoms with Crippen LogP contribution < -0.4 is 10.2 Å². The first-order valence-corrected chi connectivity index (χ1v) is 10.4. The van der Waals surface area contributed by atoms with Crippen LogP contribution in [0.15, 0.2) is 51.8 Å². The maximum Gasteiger partial charge on any atom is 0.0417 e. The van der Waals surface area contributed by atoms with E-state index in [1.54, 1.807) is 0 Å². The second kappa shape index (κ2) is 8.61. The van der Waals surface area contributed by atoms with E-state index in [-0.39, 0.29) is 0 Å². The Balaban J connectivity index is 1.62. The summed E-state index contributed by atoms with van der Waals surface area (Å²) in [6.07, 6.45) is 1.28. The zero-order chi connectivity index (χ0) is 16.9. The molecule has 0 bridgehead atoms. The Morgan fingerprint density at radius 1 is 1.29 bits per heavy atom. The Hall–Kier alpha value is -0.680. The lowest BCUT2D eigenvalue weighted by atomic mass is 10.1. The van der Waals surface area contributed by atoms with Crippen LogP contribution in [0.1, 0.15) is 12.0 Å². The second-order valence-corrected chi connectivity index (χ2v) is 8.60. The quantitative estimate of drug-likeness (QED) is 0.620. The third-order valence-corrected chi connectivity index (χ3v) is 6.38. The zero-order valence-electron chi connectivity index (χ0n) is 13.8. The minimum Gasteiger partial charge on any atom is -0.374 e. The van der Waals surface area contributed by atoms with Crippen LogP contribution >= 0.6 is 39.3 Å². The number of nitrogens with zero attached hydrogens (tertiary/aromatic N) is 1. The lowest BCUT2D eigenvalue weighted by Crippen LogP contribution is -2.26. The molecule has 0 aromatic heterocycles. The molecule has 2 aromatic rings. The lowest BCUT2D eigenvalue weighted by Gasteiger charge is -2.23. The van der Waals surface area contributed by atoms with Gasteiger partial charge >= 0.3 is 0 Å². The monoisotopic (exact) mass is 424 g/mol. The smallest absolute Gasteiger partial charge is 0.0417 e. The molecule has 1 N–H and O–H groups in total. The molecule has 0 radical (unpaired) electrons. The summed E-state index contributed by atoms with van der Waals surface area (Å²) < 4.78 is 1.07. The molecule has 1 fully saturated rings. The average Bonchev–Trinajstić information content (AvgIpc) is 3.07. The topological polar surface area (TPSA) is 15.3 Å². The van der Waals surface area contributed by atoms with Crippen molar-refractivity contribution in [3.05, 3.63) is 57.5 Å². The van der Waals surface area contributed by atoms with Gasteiger partial charge in [-0.05, 0) is 61.3 Å². The van der Waals surface area contributed by atoms with E-state index in [9.17, 15) is 0 Å². The van der Waals surface area contributed by atoms with E-state index >= 15 is 0 Å². The van der Waals surface area contributed by atoms with Gasteiger partial charge in [0.05, 0.1) is 0 Å². The SMILES string of the molecule is CN(CC1CCNC1)c1cccc(SCc2ccc(Cl)cc2Br)c1. The molecule has 2 aromatic carbocycles. The Morgan fingerprint density at radius 3 is 2.92 bits per heavy atom. The molecule has 1 unspecified atom stereocenters. The third kappa shape index (κ3) is 4.92. The molecular weight excluding hydrogens is 404 g/mol. The highest BCUT2D eigenvalue weighted by molar-refractivity contribution is 9.10. The van der Waals surface area contributed by atoms with Gasteiger partial charge in [0.2, 0.25) is 0 Å². The van der Waals surface area contributed by atoms with Crippen LogP contribution in [-0.2, 0) is 5.75 Å². The summed E-state index contributed by atoms with van der Waals surface area (Å²) in [6, 6.07) is 14.8. The van der Waals surface area contributed by atoms with Gasteiger partial charge in [-0.25, -0.2) is 0 Å². The highest BCUT2D eigenvalue weighted by Gasteiger charge is 2.16. The van der Waals surface area contributed by atoms with Crippen molar-refractivity contribution in [2.45, 2.75) is 17.1 Å². The highest BCUT2D eigenvalue weighted by Crippen LogP contribution is 2.30. The summed E-state index contributed by atoms with van der Waals surface area (Å²) in [4.78, 5) is 3.67. The van der Waals surface area contributed by atoms with Gasteiger partial charge in [0.25, 0.3) is 0 Å². The number of hydrogen-bond donors (Lipinski definition) is 1. The van der Waals surface area contributed by atoms with Crippen LogP contribution in [0.25, 0.3) is 0 Å². The molecule has 24 heavy (non-hydrogen) atoms. The largest absolute Gasteiger partial charge is 0.374 e. The highest BCUT2D eigenvalue weighted by atomic mass is 79.9. The van der Waals surface area contributed by atoms with Gasteiger partial charge in [-0.15, -0.1) is 11.8 Å². The van der Waals surface area contributed by atoms with Crippen molar-refractivity contribution in [3.63, 3.8) is 0 Å². The van der Waals surface area contributed by atoms with Crippen LogP contribution in [0.4, 0.5) is 5.69 Å². The van der Waals surface area contributed by atoms with E-state index in [0.29, 0.717) is 0 Å². The molecule has 3 rings (SSSR count). The number of hydrogen-bond acceptors (Lipinski definition) is 3. The molecule has 0 aliphatic carbocycles. The predicted octanol–water partition coefficient (Wildman–Crippen LogP) is 5.44. The summed E-state index contributed by atoms with van der Waals surface area (Å²) >= 11 is 11.5. The Morgan fingerprint density at radius 2 is 2.17 bits per heavy atom. The summed E-state index contributed by atoms with van der Waals surface area (Å²) in [5, 5.41) is 4.21. The third-order valence-electron chi connectivity index (χ3n) is 4.36. The molecule has 1 atom stereocenters. The van der Waals surface area contributed by atoms with Gasteiger partial charge in [-0.2, -0.15) is 0 Å². The molecule has 128 valence electrons. The van der Waals surface area contributed by atoms with Crippen molar-refractivity contribution in [1.82, 2.24) is 5.32 Å². The van der Waals surface area contributed by atoms with Crippen LogP contribution in [0.3, 0.4) is 0 Å². The number of nitrogens with one attached hydrogen (secondary N) is 1. The fraction of sp³-hybridized carbons (Fsp3) is 0.368. The summed E-state index contributed by atoms with van der Waals surface area (Å²) in [6.45, 7) is 3.41. The summed E-state index contributed by atoms with van der Waals surface area (Å²) in [5.74, 6) is 1.69. The first-order chi connectivity index (χ1) is 11.6. The summed E-state index contributed by atoms with van der Waals surface area (Å²) in [7, 11) is 2.19. The first-order valence-electron chi connectivity index (χ1n) is 8.20. The zero-order valence-corrected chi connectivity index (χ0v) is 16.9. The van der Waals surface area contributed by atoms with Crippen molar-refractivity contribution >= 4 is 45.0 Å². The average molecular weight is 426 g/mol. The number of anilines is 1. The molecule has 0 spiro atoms. The van der Waals surface area contributed by atoms with E-state index in [0.717, 1.165) is 40.8 Å². The van der Waals surface area contributed by atoms with Crippen LogP contribution in [0.5, 0.6) is 0 Å². The van der Waals surface area contributed by atoms with Gasteiger partial charge in [-0.3, -0.25) is 0 Å². The van der Waals surface area contributed by atoms with Crippen molar-refractivity contribution in [2.24, 2.45) is 5.92 Å². The summed E-state index contributed by atoms with van der Waals surface area (Å²) in [5.41, 5.74) is 2.56. The van der Waals surface area contributed by atoms with Gasteiger partial charge in [0.15, 0.2) is 0 Å². The number of thioether (sulfide) groups is 1. The van der Waals surface area contributed by atoms with E-state index in [1.807, 2.05) is 23.9 Å². The lowest BCUT2D eigenvalue weighted by molar-refractivity contribution is 0.578. The molecule has 5 heteroatoms. The van der Waals surface area contributed by atoms with Gasteiger partial charge in [0.1, 0.15) is 0 Å². The Kier molecular flexibility index (Phi) is 6.50. The minimum absolute atomic E-state index is 0.760. The molecule has 0 amide bonds. The molecule has 1 heterocycles. The number of halogens is 2. The first kappa shape index (κ1) is 18.1. The molecule has 1 aliphatic heterocycles. The van der Waals surface area contributed by atoms with Crippen LogP contribution in [0.2, 0.25) is 5.02 Å². The molecule has 1 aliphatic rings. The second-order valence-electron chi connectivity index (χ2n) is 6.26. The van der Waals surface area contributed by atoms with Gasteiger partial charge in [-0.1, -0.05) is 39.7 Å². The van der Waals surface area contributed by atoms with Crippen molar-refractivity contribution in [1.29, 1.82) is 0 Å². The maximum atomic E-state index is 6.01. The van der Waals surface area contributed by atoms with E-state index < -0.39 is 0 Å². The standard InChI is InChI=1S/C19H22BrClN2S/c1-23(12-14-7-8-22-11-14)17-3-2-4-18(10-17)24-13-15-5-6-16(21)9-19(15)20/h2-6,9-10,14,22H,7-8,11-13H2,1H3. The molecule has 2 nitrogen and oxygen atoms in total. The molecule has 1 saturated heterocycles. The molecule has 0 saturated carbocycles. The number of benzene rings is 2. The van der Waals surface area contributed by atoms with E-state index in [1.165, 1.54) is 22.6 Å². The minimum atomic E-state index is 0.760. The van der Waals surface area contributed by atoms with Crippen molar-refractivity contribution in [3.8, 4) is 0 Å². The Bertz CT molecular complexity index is 689. The van der Waals surface area contributed by atoms with E-state index in [2.05, 4.69) is 63.5 Å². The van der Waals surface area contributed by atoms with Crippen LogP contribution in [0, 0.1) is 5.92 Å². The van der Waals surface area contributed by atoms with Crippen LogP contribution in [-0.4, -0.2) is 26.7 Å². The maximum absolute atomic E-state index is 6.01. The fourth-order valence-electron chi connectivity index (χ4n) is 2.97. The van der Waals surface area contributed by atoms with Gasteiger partial charge < -0.3 is 10.2 Å². The predicted molar refractivity (Wildman–Crippen MR) is 109 cm³/mol. The van der Waals surface area contributed by atoms with Crippen molar-refractivity contribution in [2.75, 3.05) is 31.6 Å². The number of rotatable bonds is 6. The van der Waals surface area contributed by atoms with E-state index in [4.69, 9.17) is 11.6 Å².